The van der Waals surface area contributed by atoms with Gasteiger partial charge in [-0.25, -0.2) is 0 Å². The van der Waals surface area contributed by atoms with Crippen molar-refractivity contribution in [2.45, 2.75) is 51.1 Å². The number of halogens is 3. The van der Waals surface area contributed by atoms with Crippen LogP contribution < -0.4 is 5.32 Å². The van der Waals surface area contributed by atoms with E-state index in [0.29, 0.717) is 32.2 Å². The largest absolute Gasteiger partial charge is 0.449 e. The summed E-state index contributed by atoms with van der Waals surface area (Å²) in [6, 6.07) is 9.81. The SMILES string of the molecule is O=C(CCCCCCC(=O)C(F)(F)F)NCCc1ccccc1. The summed E-state index contributed by atoms with van der Waals surface area (Å²) in [5.41, 5.74) is 1.15. The van der Waals surface area contributed by atoms with Crippen molar-refractivity contribution in [3.05, 3.63) is 35.9 Å². The Morgan fingerprint density at radius 2 is 1.52 bits per heavy atom. The number of alkyl halides is 3. The van der Waals surface area contributed by atoms with E-state index in [2.05, 4.69) is 5.32 Å². The topological polar surface area (TPSA) is 46.2 Å². The third-order valence-corrected chi connectivity index (χ3v) is 3.45. The molecule has 0 spiro atoms. The lowest BCUT2D eigenvalue weighted by molar-refractivity contribution is -0.171. The summed E-state index contributed by atoms with van der Waals surface area (Å²) in [5.74, 6) is -1.72. The Hall–Kier alpha value is -1.85. The molecule has 3 nitrogen and oxygen atoms in total. The van der Waals surface area contributed by atoms with Crippen molar-refractivity contribution >= 4 is 11.7 Å². The molecule has 6 heteroatoms. The molecule has 1 rings (SSSR count). The van der Waals surface area contributed by atoms with Gasteiger partial charge in [0.1, 0.15) is 0 Å². The van der Waals surface area contributed by atoms with E-state index in [1.807, 2.05) is 30.3 Å². The van der Waals surface area contributed by atoms with E-state index in [-0.39, 0.29) is 12.3 Å². The van der Waals surface area contributed by atoms with Crippen molar-refractivity contribution in [3.8, 4) is 0 Å². The van der Waals surface area contributed by atoms with Gasteiger partial charge in [0.15, 0.2) is 0 Å². The second kappa shape index (κ2) is 10.0. The third kappa shape index (κ3) is 9.01. The van der Waals surface area contributed by atoms with Crippen molar-refractivity contribution in [3.63, 3.8) is 0 Å². The number of benzene rings is 1. The van der Waals surface area contributed by atoms with Crippen molar-refractivity contribution < 1.29 is 22.8 Å². The van der Waals surface area contributed by atoms with Crippen LogP contribution in [0.15, 0.2) is 30.3 Å². The summed E-state index contributed by atoms with van der Waals surface area (Å²) in [7, 11) is 0. The number of unbranched alkanes of at least 4 members (excludes halogenated alkanes) is 3. The first kappa shape index (κ1) is 19.2. The smallest absolute Gasteiger partial charge is 0.356 e. The number of ketones is 1. The van der Waals surface area contributed by atoms with Crippen LogP contribution in [0, 0.1) is 0 Å². The third-order valence-electron chi connectivity index (χ3n) is 3.45. The van der Waals surface area contributed by atoms with E-state index < -0.39 is 18.4 Å². The minimum atomic E-state index is -4.72. The van der Waals surface area contributed by atoms with Crippen molar-refractivity contribution in [2.24, 2.45) is 0 Å². The molecule has 23 heavy (non-hydrogen) atoms. The predicted octanol–water partition coefficient (Wildman–Crippen LogP) is 3.82. The lowest BCUT2D eigenvalue weighted by Crippen LogP contribution is -2.25. The van der Waals surface area contributed by atoms with Gasteiger partial charge in [-0.05, 0) is 24.8 Å². The second-order valence-electron chi connectivity index (χ2n) is 5.42. The lowest BCUT2D eigenvalue weighted by Gasteiger charge is -2.06. The normalized spacial score (nSPS) is 11.3. The van der Waals surface area contributed by atoms with Crippen LogP contribution in [0.25, 0.3) is 0 Å². The van der Waals surface area contributed by atoms with Crippen LogP contribution in [0.3, 0.4) is 0 Å². The van der Waals surface area contributed by atoms with E-state index in [1.165, 1.54) is 0 Å². The Kier molecular flexibility index (Phi) is 8.37. The van der Waals surface area contributed by atoms with Gasteiger partial charge < -0.3 is 5.32 Å². The molecule has 0 aliphatic carbocycles. The van der Waals surface area contributed by atoms with Gasteiger partial charge in [-0.15, -0.1) is 0 Å². The first-order valence-electron chi connectivity index (χ1n) is 7.80. The highest BCUT2D eigenvalue weighted by molar-refractivity contribution is 5.83. The van der Waals surface area contributed by atoms with Crippen LogP contribution in [0.5, 0.6) is 0 Å². The van der Waals surface area contributed by atoms with Crippen LogP contribution >= 0.6 is 0 Å². The number of hydrogen-bond acceptors (Lipinski definition) is 2. The minimum absolute atomic E-state index is 0.0488. The zero-order valence-corrected chi connectivity index (χ0v) is 13.0. The van der Waals surface area contributed by atoms with E-state index in [9.17, 15) is 22.8 Å². The maximum absolute atomic E-state index is 12.0. The van der Waals surface area contributed by atoms with Crippen LogP contribution in [0.2, 0.25) is 0 Å². The average molecular weight is 329 g/mol. The van der Waals surface area contributed by atoms with Crippen LogP contribution in [-0.4, -0.2) is 24.4 Å². The molecule has 0 radical (unpaired) electrons. The highest BCUT2D eigenvalue weighted by Gasteiger charge is 2.36. The molecule has 0 atom stereocenters. The number of nitrogens with one attached hydrogen (secondary N) is 1. The number of amides is 1. The van der Waals surface area contributed by atoms with Crippen molar-refractivity contribution in [1.29, 1.82) is 0 Å². The summed E-state index contributed by atoms with van der Waals surface area (Å²) >= 11 is 0. The predicted molar refractivity (Wildman–Crippen MR) is 81.9 cm³/mol. The van der Waals surface area contributed by atoms with Crippen LogP contribution in [-0.2, 0) is 16.0 Å². The van der Waals surface area contributed by atoms with E-state index >= 15 is 0 Å². The monoisotopic (exact) mass is 329 g/mol. The van der Waals surface area contributed by atoms with Gasteiger partial charge in [-0.2, -0.15) is 13.2 Å². The van der Waals surface area contributed by atoms with Crippen molar-refractivity contribution in [1.82, 2.24) is 5.32 Å². The summed E-state index contributed by atoms with van der Waals surface area (Å²) in [6.45, 7) is 0.572. The fourth-order valence-corrected chi connectivity index (χ4v) is 2.15. The molecule has 0 fully saturated rings. The molecule has 0 aliphatic heterocycles. The molecular weight excluding hydrogens is 307 g/mol. The van der Waals surface area contributed by atoms with Crippen molar-refractivity contribution in [2.75, 3.05) is 6.54 Å². The Labute approximate surface area is 134 Å². The first-order valence-corrected chi connectivity index (χ1v) is 7.80. The standard InChI is InChI=1S/C17H22F3NO2/c18-17(19,20)15(22)10-6-1-2-7-11-16(23)21-13-12-14-8-4-3-5-9-14/h3-5,8-9H,1-2,6-7,10-13H2,(H,21,23). The maximum atomic E-state index is 12.0. The van der Waals surface area contributed by atoms with Gasteiger partial charge in [0.2, 0.25) is 11.7 Å². The van der Waals surface area contributed by atoms with E-state index in [4.69, 9.17) is 0 Å². The number of Topliss-reactive ketones (excluding diaryl/α,β-unsaturated/α-hetero) is 1. The molecule has 0 saturated carbocycles. The lowest BCUT2D eigenvalue weighted by atomic mass is 10.1. The molecule has 0 unspecified atom stereocenters. The molecular formula is C17H22F3NO2. The number of rotatable bonds is 10. The van der Waals surface area contributed by atoms with E-state index in [1.54, 1.807) is 0 Å². The van der Waals surface area contributed by atoms with Gasteiger partial charge in [-0.3, -0.25) is 9.59 Å². The van der Waals surface area contributed by atoms with E-state index in [0.717, 1.165) is 12.0 Å². The fraction of sp³-hybridized carbons (Fsp3) is 0.529. The zero-order valence-electron chi connectivity index (χ0n) is 13.0. The van der Waals surface area contributed by atoms with Gasteiger partial charge in [0, 0.05) is 19.4 Å². The molecule has 1 aromatic rings. The Morgan fingerprint density at radius 3 is 2.13 bits per heavy atom. The maximum Gasteiger partial charge on any atom is 0.449 e. The minimum Gasteiger partial charge on any atom is -0.356 e. The first-order chi connectivity index (χ1) is 10.9. The van der Waals surface area contributed by atoms with Gasteiger partial charge in [-0.1, -0.05) is 43.2 Å². The van der Waals surface area contributed by atoms with Gasteiger partial charge in [0.25, 0.3) is 0 Å². The van der Waals surface area contributed by atoms with Gasteiger partial charge >= 0.3 is 6.18 Å². The average Bonchev–Trinajstić information content (AvgIpc) is 2.50. The molecule has 128 valence electrons. The molecule has 0 heterocycles. The summed E-state index contributed by atoms with van der Waals surface area (Å²) in [5, 5.41) is 2.82. The second-order valence-corrected chi connectivity index (χ2v) is 5.42. The highest BCUT2D eigenvalue weighted by atomic mass is 19.4. The quantitative estimate of drug-likeness (QED) is 0.663. The molecule has 1 amide bonds. The number of carbonyl (C=O) groups excluding carboxylic acids is 2. The zero-order chi connectivity index (χ0) is 17.1. The van der Waals surface area contributed by atoms with Crippen LogP contribution in [0.1, 0.15) is 44.1 Å². The number of hydrogen-bond donors (Lipinski definition) is 1. The summed E-state index contributed by atoms with van der Waals surface area (Å²) in [4.78, 5) is 22.2. The Morgan fingerprint density at radius 1 is 0.913 bits per heavy atom. The molecule has 1 aromatic carbocycles. The molecule has 1 N–H and O–H groups in total. The highest BCUT2D eigenvalue weighted by Crippen LogP contribution is 2.19. The number of carbonyl (C=O) groups is 2. The van der Waals surface area contributed by atoms with Gasteiger partial charge in [0.05, 0.1) is 0 Å². The molecule has 0 aromatic heterocycles. The van der Waals surface area contributed by atoms with Crippen LogP contribution in [0.4, 0.5) is 13.2 Å². The Bertz CT molecular complexity index is 486. The molecule has 0 saturated heterocycles. The fourth-order valence-electron chi connectivity index (χ4n) is 2.15. The molecule has 0 bridgehead atoms. The molecule has 0 aliphatic rings. The Balaban J connectivity index is 1.99. The summed E-state index contributed by atoms with van der Waals surface area (Å²) in [6.07, 6.45) is -2.04. The summed E-state index contributed by atoms with van der Waals surface area (Å²) < 4.78 is 35.9.